The van der Waals surface area contributed by atoms with Crippen LogP contribution in [0.15, 0.2) is 41.8 Å². The lowest BCUT2D eigenvalue weighted by Gasteiger charge is -2.24. The Balaban J connectivity index is 3.21. The first kappa shape index (κ1) is 13.7. The van der Waals surface area contributed by atoms with Gasteiger partial charge in [-0.05, 0) is 32.0 Å². The third-order valence-corrected chi connectivity index (χ3v) is 4.39. The first-order chi connectivity index (χ1) is 7.89. The molecule has 1 aromatic rings. The number of nitrogens with two attached hydrogens (primary N) is 1. The van der Waals surface area contributed by atoms with Crippen LogP contribution in [0.1, 0.15) is 13.8 Å². The summed E-state index contributed by atoms with van der Waals surface area (Å²) in [4.78, 5) is 0.216. The number of nitrogen functional groups attached to an aromatic ring is 1. The van der Waals surface area contributed by atoms with Crippen LogP contribution in [0.5, 0.6) is 0 Å². The Hall–Kier alpha value is -1.33. The number of nitrogens with zero attached hydrogens (tertiary/aromatic N) is 1. The number of hydrogen-bond donors (Lipinski definition) is 1. The molecule has 5 heteroatoms. The normalized spacial score (nSPS) is 12.0. The highest BCUT2D eigenvalue weighted by Crippen LogP contribution is 2.19. The molecule has 0 spiro atoms. The van der Waals surface area contributed by atoms with Gasteiger partial charge >= 0.3 is 0 Å². The van der Waals surface area contributed by atoms with E-state index in [0.29, 0.717) is 5.69 Å². The van der Waals surface area contributed by atoms with Crippen LogP contribution in [0, 0.1) is 0 Å². The lowest BCUT2D eigenvalue weighted by atomic mass is 10.3. The molecule has 0 radical (unpaired) electrons. The zero-order valence-electron chi connectivity index (χ0n) is 10.1. The number of rotatable bonds is 5. The number of benzene rings is 1. The van der Waals surface area contributed by atoms with Crippen molar-refractivity contribution in [3.8, 4) is 0 Å². The van der Waals surface area contributed by atoms with E-state index in [0.717, 1.165) is 0 Å². The fraction of sp³-hybridized carbons (Fsp3) is 0.333. The highest BCUT2D eigenvalue weighted by Gasteiger charge is 2.25. The minimum atomic E-state index is -3.50. The summed E-state index contributed by atoms with van der Waals surface area (Å²) in [6, 6.07) is 6.18. The Morgan fingerprint density at radius 2 is 2.12 bits per heavy atom. The van der Waals surface area contributed by atoms with Gasteiger partial charge in [-0.25, -0.2) is 8.42 Å². The van der Waals surface area contributed by atoms with Gasteiger partial charge in [0, 0.05) is 18.3 Å². The number of hydrogen-bond acceptors (Lipinski definition) is 3. The molecular formula is C12H18N2O2S. The van der Waals surface area contributed by atoms with Gasteiger partial charge in [0.05, 0.1) is 4.90 Å². The second-order valence-corrected chi connectivity index (χ2v) is 5.92. The van der Waals surface area contributed by atoms with E-state index in [1.54, 1.807) is 24.3 Å². The summed E-state index contributed by atoms with van der Waals surface area (Å²) in [6.45, 7) is 7.52. The molecule has 0 saturated carbocycles. The lowest BCUT2D eigenvalue weighted by molar-refractivity contribution is 0.383. The van der Waals surface area contributed by atoms with E-state index in [2.05, 4.69) is 6.58 Å². The molecule has 4 nitrogen and oxygen atoms in total. The van der Waals surface area contributed by atoms with E-state index in [1.165, 1.54) is 10.4 Å². The van der Waals surface area contributed by atoms with Gasteiger partial charge in [-0.2, -0.15) is 4.31 Å². The Bertz CT molecular complexity index is 495. The molecular weight excluding hydrogens is 236 g/mol. The summed E-state index contributed by atoms with van der Waals surface area (Å²) in [6.07, 6.45) is 1.57. The van der Waals surface area contributed by atoms with Crippen molar-refractivity contribution in [2.75, 3.05) is 12.3 Å². The second kappa shape index (κ2) is 5.33. The van der Waals surface area contributed by atoms with Crippen LogP contribution < -0.4 is 5.73 Å². The van der Waals surface area contributed by atoms with Crippen LogP contribution in [-0.2, 0) is 10.0 Å². The maximum atomic E-state index is 12.3. The molecule has 0 heterocycles. The quantitative estimate of drug-likeness (QED) is 0.644. The molecule has 94 valence electrons. The van der Waals surface area contributed by atoms with Crippen LogP contribution in [0.2, 0.25) is 0 Å². The fourth-order valence-corrected chi connectivity index (χ4v) is 3.19. The van der Waals surface area contributed by atoms with Gasteiger partial charge in [0.15, 0.2) is 0 Å². The molecule has 0 fully saturated rings. The maximum Gasteiger partial charge on any atom is 0.243 e. The standard InChI is InChI=1S/C12H18N2O2S/c1-4-8-14(10(2)3)17(15,16)12-7-5-6-11(13)9-12/h4-7,9-10H,1,8,13H2,2-3H3. The molecule has 17 heavy (non-hydrogen) atoms. The van der Waals surface area contributed by atoms with Crippen LogP contribution in [0.25, 0.3) is 0 Å². The first-order valence-corrected chi connectivity index (χ1v) is 6.82. The fourth-order valence-electron chi connectivity index (χ4n) is 1.52. The molecule has 0 aromatic heterocycles. The molecule has 0 aliphatic heterocycles. The summed E-state index contributed by atoms with van der Waals surface area (Å²) >= 11 is 0. The Kier molecular flexibility index (Phi) is 4.31. The Morgan fingerprint density at radius 3 is 2.59 bits per heavy atom. The average molecular weight is 254 g/mol. The summed E-state index contributed by atoms with van der Waals surface area (Å²) < 4.78 is 26.1. The van der Waals surface area contributed by atoms with E-state index >= 15 is 0 Å². The van der Waals surface area contributed by atoms with Gasteiger partial charge < -0.3 is 5.73 Å². The zero-order valence-corrected chi connectivity index (χ0v) is 10.9. The smallest absolute Gasteiger partial charge is 0.243 e. The van der Waals surface area contributed by atoms with Gasteiger partial charge in [-0.15, -0.1) is 6.58 Å². The van der Waals surface area contributed by atoms with Gasteiger partial charge in [0.2, 0.25) is 10.0 Å². The Morgan fingerprint density at radius 1 is 1.47 bits per heavy atom. The highest BCUT2D eigenvalue weighted by molar-refractivity contribution is 7.89. The lowest BCUT2D eigenvalue weighted by Crippen LogP contribution is -2.37. The van der Waals surface area contributed by atoms with E-state index in [4.69, 9.17) is 5.73 Å². The molecule has 1 rings (SSSR count). The van der Waals surface area contributed by atoms with Crippen molar-refractivity contribution in [3.05, 3.63) is 36.9 Å². The van der Waals surface area contributed by atoms with Gasteiger partial charge in [0.1, 0.15) is 0 Å². The molecule has 0 unspecified atom stereocenters. The summed E-state index contributed by atoms with van der Waals surface area (Å²) in [5.74, 6) is 0. The SMILES string of the molecule is C=CCN(C(C)C)S(=O)(=O)c1cccc(N)c1. The van der Waals surface area contributed by atoms with E-state index < -0.39 is 10.0 Å². The summed E-state index contributed by atoms with van der Waals surface area (Å²) in [7, 11) is -3.50. The van der Waals surface area contributed by atoms with Crippen molar-refractivity contribution >= 4 is 15.7 Å². The monoisotopic (exact) mass is 254 g/mol. The number of sulfonamides is 1. The molecule has 0 saturated heterocycles. The first-order valence-electron chi connectivity index (χ1n) is 5.38. The number of anilines is 1. The predicted octanol–water partition coefficient (Wildman–Crippen LogP) is 1.85. The van der Waals surface area contributed by atoms with Crippen LogP contribution in [-0.4, -0.2) is 25.3 Å². The van der Waals surface area contributed by atoms with Crippen molar-refractivity contribution < 1.29 is 8.42 Å². The third kappa shape index (κ3) is 3.08. The van der Waals surface area contributed by atoms with Crippen LogP contribution in [0.3, 0.4) is 0 Å². The predicted molar refractivity (Wildman–Crippen MR) is 70.1 cm³/mol. The van der Waals surface area contributed by atoms with Crippen molar-refractivity contribution in [2.45, 2.75) is 24.8 Å². The Labute approximate surface area is 103 Å². The average Bonchev–Trinajstić information content (AvgIpc) is 2.25. The minimum Gasteiger partial charge on any atom is -0.399 e. The minimum absolute atomic E-state index is 0.126. The summed E-state index contributed by atoms with van der Waals surface area (Å²) in [5.41, 5.74) is 6.04. The van der Waals surface area contributed by atoms with Crippen molar-refractivity contribution in [2.24, 2.45) is 0 Å². The molecule has 1 aromatic carbocycles. The molecule has 2 N–H and O–H groups in total. The maximum absolute atomic E-state index is 12.3. The van der Waals surface area contributed by atoms with E-state index in [1.807, 2.05) is 13.8 Å². The van der Waals surface area contributed by atoms with E-state index in [-0.39, 0.29) is 17.5 Å². The summed E-state index contributed by atoms with van der Waals surface area (Å²) in [5, 5.41) is 0. The van der Waals surface area contributed by atoms with E-state index in [9.17, 15) is 8.42 Å². The van der Waals surface area contributed by atoms with Gasteiger partial charge in [0.25, 0.3) is 0 Å². The second-order valence-electron chi connectivity index (χ2n) is 4.03. The third-order valence-electron chi connectivity index (χ3n) is 2.35. The van der Waals surface area contributed by atoms with Crippen molar-refractivity contribution in [1.29, 1.82) is 0 Å². The van der Waals surface area contributed by atoms with Gasteiger partial charge in [-0.3, -0.25) is 0 Å². The molecule has 0 aliphatic carbocycles. The molecule has 0 bridgehead atoms. The van der Waals surface area contributed by atoms with Gasteiger partial charge in [-0.1, -0.05) is 12.1 Å². The van der Waals surface area contributed by atoms with Crippen LogP contribution in [0.4, 0.5) is 5.69 Å². The van der Waals surface area contributed by atoms with Crippen molar-refractivity contribution in [3.63, 3.8) is 0 Å². The largest absolute Gasteiger partial charge is 0.399 e. The zero-order chi connectivity index (χ0) is 13.1. The van der Waals surface area contributed by atoms with Crippen molar-refractivity contribution in [1.82, 2.24) is 4.31 Å². The molecule has 0 atom stereocenters. The molecule has 0 amide bonds. The topological polar surface area (TPSA) is 63.4 Å². The molecule has 0 aliphatic rings. The van der Waals surface area contributed by atoms with Crippen LogP contribution >= 0.6 is 0 Å². The highest BCUT2D eigenvalue weighted by atomic mass is 32.2.